The van der Waals surface area contributed by atoms with Gasteiger partial charge in [-0.3, -0.25) is 4.79 Å². The lowest BCUT2D eigenvalue weighted by Gasteiger charge is -2.31. The average molecular weight is 301 g/mol. The van der Waals surface area contributed by atoms with E-state index in [2.05, 4.69) is 5.32 Å². The predicted octanol–water partition coefficient (Wildman–Crippen LogP) is 1.88. The molecule has 0 saturated carbocycles. The minimum Gasteiger partial charge on any atom is -0.388 e. The molecular weight excluding hydrogens is 284 g/mol. The van der Waals surface area contributed by atoms with Gasteiger partial charge in [-0.05, 0) is 36.0 Å². The van der Waals surface area contributed by atoms with Crippen molar-refractivity contribution in [3.63, 3.8) is 0 Å². The van der Waals surface area contributed by atoms with E-state index in [9.17, 15) is 18.7 Å². The molecule has 1 fully saturated rings. The summed E-state index contributed by atoms with van der Waals surface area (Å²) in [5, 5.41) is 12.9. The molecule has 0 radical (unpaired) electrons. The van der Waals surface area contributed by atoms with Gasteiger partial charge in [0.15, 0.2) is 0 Å². The molecule has 1 aromatic rings. The lowest BCUT2D eigenvalue weighted by atomic mass is 9.97. The molecule has 2 N–H and O–H groups in total. The van der Waals surface area contributed by atoms with Crippen molar-refractivity contribution < 1.29 is 18.7 Å². The SMILES string of the molecule is O=C(Cc1ccc(F)cc1F)NCC1(O)CCSCC1. The molecule has 1 amide bonds. The van der Waals surface area contributed by atoms with E-state index in [-0.39, 0.29) is 24.4 Å². The van der Waals surface area contributed by atoms with E-state index in [4.69, 9.17) is 0 Å². The first-order valence-electron chi connectivity index (χ1n) is 6.49. The molecule has 0 unspecified atom stereocenters. The van der Waals surface area contributed by atoms with E-state index in [0.29, 0.717) is 12.8 Å². The van der Waals surface area contributed by atoms with Crippen LogP contribution < -0.4 is 5.32 Å². The van der Waals surface area contributed by atoms with Crippen molar-refractivity contribution in [2.24, 2.45) is 0 Å². The highest BCUT2D eigenvalue weighted by atomic mass is 32.2. The zero-order valence-electron chi connectivity index (χ0n) is 11.0. The number of carbonyl (C=O) groups excluding carboxylic acids is 1. The van der Waals surface area contributed by atoms with Crippen LogP contribution in [-0.4, -0.2) is 34.7 Å². The molecule has 6 heteroatoms. The van der Waals surface area contributed by atoms with Crippen LogP contribution in [0.4, 0.5) is 8.78 Å². The topological polar surface area (TPSA) is 49.3 Å². The van der Waals surface area contributed by atoms with E-state index < -0.39 is 17.2 Å². The van der Waals surface area contributed by atoms with Gasteiger partial charge in [-0.2, -0.15) is 11.8 Å². The van der Waals surface area contributed by atoms with Gasteiger partial charge in [0.25, 0.3) is 0 Å². The number of hydrogen-bond acceptors (Lipinski definition) is 3. The minimum atomic E-state index is -0.859. The first-order chi connectivity index (χ1) is 9.48. The summed E-state index contributed by atoms with van der Waals surface area (Å²) in [5.74, 6) is -0.0199. The number of rotatable bonds is 4. The molecular formula is C14H17F2NO2S. The van der Waals surface area contributed by atoms with Crippen LogP contribution in [0.2, 0.25) is 0 Å². The maximum Gasteiger partial charge on any atom is 0.224 e. The Hall–Kier alpha value is -1.14. The summed E-state index contributed by atoms with van der Waals surface area (Å²) in [6.45, 7) is 0.176. The van der Waals surface area contributed by atoms with Gasteiger partial charge in [-0.1, -0.05) is 6.07 Å². The second-order valence-electron chi connectivity index (χ2n) is 5.03. The molecule has 1 aromatic carbocycles. The summed E-state index contributed by atoms with van der Waals surface area (Å²) in [5.41, 5.74) is -0.711. The average Bonchev–Trinajstić information content (AvgIpc) is 2.41. The van der Waals surface area contributed by atoms with Gasteiger partial charge in [0.05, 0.1) is 12.0 Å². The Morgan fingerprint density at radius 1 is 1.35 bits per heavy atom. The first-order valence-corrected chi connectivity index (χ1v) is 7.65. The van der Waals surface area contributed by atoms with Crippen LogP contribution in [0.3, 0.4) is 0 Å². The smallest absolute Gasteiger partial charge is 0.224 e. The Morgan fingerprint density at radius 3 is 2.70 bits per heavy atom. The van der Waals surface area contributed by atoms with Crippen molar-refractivity contribution in [3.8, 4) is 0 Å². The number of benzene rings is 1. The molecule has 2 rings (SSSR count). The standard InChI is InChI=1S/C14H17F2NO2S/c15-11-2-1-10(12(16)8-11)7-13(18)17-9-14(19)3-5-20-6-4-14/h1-2,8,19H,3-7,9H2,(H,17,18). The number of carbonyl (C=O) groups is 1. The maximum absolute atomic E-state index is 13.4. The lowest BCUT2D eigenvalue weighted by Crippen LogP contribution is -2.45. The van der Waals surface area contributed by atoms with Crippen LogP contribution in [-0.2, 0) is 11.2 Å². The van der Waals surface area contributed by atoms with E-state index in [1.54, 1.807) is 11.8 Å². The molecule has 1 heterocycles. The van der Waals surface area contributed by atoms with Crippen LogP contribution in [0.1, 0.15) is 18.4 Å². The highest BCUT2D eigenvalue weighted by molar-refractivity contribution is 7.99. The third-order valence-corrected chi connectivity index (χ3v) is 4.39. The van der Waals surface area contributed by atoms with E-state index in [1.165, 1.54) is 6.07 Å². The van der Waals surface area contributed by atoms with E-state index in [0.717, 1.165) is 23.6 Å². The van der Waals surface area contributed by atoms with Crippen molar-refractivity contribution in [1.82, 2.24) is 5.32 Å². The summed E-state index contributed by atoms with van der Waals surface area (Å²) in [4.78, 5) is 11.7. The van der Waals surface area contributed by atoms with Crippen LogP contribution in [0, 0.1) is 11.6 Å². The van der Waals surface area contributed by atoms with Gasteiger partial charge in [0.2, 0.25) is 5.91 Å². The second-order valence-corrected chi connectivity index (χ2v) is 6.25. The van der Waals surface area contributed by atoms with Gasteiger partial charge in [0.1, 0.15) is 11.6 Å². The Bertz CT molecular complexity index is 490. The highest BCUT2D eigenvalue weighted by Crippen LogP contribution is 2.26. The minimum absolute atomic E-state index is 0.148. The molecule has 20 heavy (non-hydrogen) atoms. The molecule has 0 aromatic heterocycles. The fraction of sp³-hybridized carbons (Fsp3) is 0.500. The van der Waals surface area contributed by atoms with Crippen molar-refractivity contribution in [2.75, 3.05) is 18.1 Å². The third-order valence-electron chi connectivity index (χ3n) is 3.40. The van der Waals surface area contributed by atoms with Crippen molar-refractivity contribution in [2.45, 2.75) is 24.9 Å². The van der Waals surface area contributed by atoms with Gasteiger partial charge in [-0.25, -0.2) is 8.78 Å². The fourth-order valence-corrected chi connectivity index (χ4v) is 3.34. The van der Waals surface area contributed by atoms with Gasteiger partial charge in [-0.15, -0.1) is 0 Å². The Morgan fingerprint density at radius 2 is 2.05 bits per heavy atom. The van der Waals surface area contributed by atoms with Crippen molar-refractivity contribution in [3.05, 3.63) is 35.4 Å². The van der Waals surface area contributed by atoms with Crippen molar-refractivity contribution in [1.29, 1.82) is 0 Å². The largest absolute Gasteiger partial charge is 0.388 e. The molecule has 1 aliphatic heterocycles. The first kappa shape index (κ1) is 15.3. The van der Waals surface area contributed by atoms with Crippen LogP contribution in [0.15, 0.2) is 18.2 Å². The summed E-state index contributed by atoms with van der Waals surface area (Å²) in [6, 6.07) is 3.14. The Kier molecular flexibility index (Phi) is 4.99. The molecule has 1 aliphatic rings. The van der Waals surface area contributed by atoms with Gasteiger partial charge in [0, 0.05) is 12.6 Å². The normalized spacial score (nSPS) is 17.8. The predicted molar refractivity (Wildman–Crippen MR) is 74.6 cm³/mol. The number of halogens is 2. The molecule has 3 nitrogen and oxygen atoms in total. The van der Waals surface area contributed by atoms with Crippen LogP contribution in [0.25, 0.3) is 0 Å². The third kappa shape index (κ3) is 4.18. The van der Waals surface area contributed by atoms with E-state index >= 15 is 0 Å². The number of hydrogen-bond donors (Lipinski definition) is 2. The summed E-state index contributed by atoms with van der Waals surface area (Å²) in [7, 11) is 0. The second kappa shape index (κ2) is 6.54. The summed E-state index contributed by atoms with van der Waals surface area (Å²) in [6.07, 6.45) is 1.13. The number of nitrogens with one attached hydrogen (secondary N) is 1. The molecule has 1 saturated heterocycles. The number of thioether (sulfide) groups is 1. The fourth-order valence-electron chi connectivity index (χ4n) is 2.09. The number of aliphatic hydroxyl groups is 1. The Balaban J connectivity index is 1.86. The highest BCUT2D eigenvalue weighted by Gasteiger charge is 2.29. The van der Waals surface area contributed by atoms with Crippen LogP contribution in [0.5, 0.6) is 0 Å². The zero-order valence-corrected chi connectivity index (χ0v) is 11.8. The monoisotopic (exact) mass is 301 g/mol. The molecule has 0 bridgehead atoms. The van der Waals surface area contributed by atoms with E-state index in [1.807, 2.05) is 0 Å². The summed E-state index contributed by atoms with van der Waals surface area (Å²) < 4.78 is 26.2. The molecule has 0 spiro atoms. The lowest BCUT2D eigenvalue weighted by molar-refractivity contribution is -0.121. The molecule has 0 aliphatic carbocycles. The molecule has 0 atom stereocenters. The van der Waals surface area contributed by atoms with Gasteiger partial charge >= 0.3 is 0 Å². The van der Waals surface area contributed by atoms with Crippen LogP contribution >= 0.6 is 11.8 Å². The summed E-state index contributed by atoms with van der Waals surface area (Å²) >= 11 is 1.78. The maximum atomic E-state index is 13.4. The van der Waals surface area contributed by atoms with Gasteiger partial charge < -0.3 is 10.4 Å². The quantitative estimate of drug-likeness (QED) is 0.893. The number of amides is 1. The molecule has 110 valence electrons. The zero-order chi connectivity index (χ0) is 14.6. The van der Waals surface area contributed by atoms with Crippen molar-refractivity contribution >= 4 is 17.7 Å². The Labute approximate surface area is 120 Å².